The molecule has 1 amide bonds. The van der Waals surface area contributed by atoms with Crippen molar-refractivity contribution in [2.75, 3.05) is 13.2 Å². The van der Waals surface area contributed by atoms with Crippen molar-refractivity contribution in [3.8, 4) is 0 Å². The molecular formula is C19H29NO4. The van der Waals surface area contributed by atoms with E-state index in [1.165, 1.54) is 32.1 Å². The number of carbonyl (C=O) groups excluding carboxylic acids is 2. The van der Waals surface area contributed by atoms with E-state index in [-0.39, 0.29) is 18.2 Å². The Morgan fingerprint density at radius 1 is 1.00 bits per heavy atom. The molecule has 1 saturated heterocycles. The summed E-state index contributed by atoms with van der Waals surface area (Å²) in [6.07, 6.45) is 8.69. The van der Waals surface area contributed by atoms with Crippen LogP contribution in [0.15, 0.2) is 0 Å². The fourth-order valence-corrected chi connectivity index (χ4v) is 5.89. The zero-order valence-electron chi connectivity index (χ0n) is 14.6. The van der Waals surface area contributed by atoms with E-state index in [2.05, 4.69) is 0 Å². The van der Waals surface area contributed by atoms with Gasteiger partial charge in [-0.2, -0.15) is 0 Å². The van der Waals surface area contributed by atoms with Gasteiger partial charge in [0.05, 0.1) is 6.61 Å². The summed E-state index contributed by atoms with van der Waals surface area (Å²) in [6.45, 7) is 2.77. The van der Waals surface area contributed by atoms with Gasteiger partial charge in [0.2, 0.25) is 0 Å². The lowest BCUT2D eigenvalue weighted by Crippen LogP contribution is -2.54. The third-order valence-corrected chi connectivity index (χ3v) is 6.67. The summed E-state index contributed by atoms with van der Waals surface area (Å²) in [4.78, 5) is 26.6. The third kappa shape index (κ3) is 2.91. The second-order valence-corrected chi connectivity index (χ2v) is 8.24. The number of carbonyl (C=O) groups is 2. The minimum absolute atomic E-state index is 0.0788. The molecule has 4 bridgehead atoms. The molecule has 0 radical (unpaired) electrons. The van der Waals surface area contributed by atoms with Gasteiger partial charge in [-0.25, -0.2) is 9.59 Å². The Labute approximate surface area is 144 Å². The van der Waals surface area contributed by atoms with E-state index in [1.807, 2.05) is 0 Å². The van der Waals surface area contributed by atoms with E-state index in [0.29, 0.717) is 31.4 Å². The van der Waals surface area contributed by atoms with Crippen LogP contribution in [0.1, 0.15) is 58.3 Å². The molecule has 1 atom stereocenters. The van der Waals surface area contributed by atoms with Crippen molar-refractivity contribution in [2.45, 2.75) is 70.4 Å². The van der Waals surface area contributed by atoms with E-state index in [0.717, 1.165) is 24.7 Å². The number of hydrogen-bond donors (Lipinski definition) is 0. The highest BCUT2D eigenvalue weighted by atomic mass is 16.6. The van der Waals surface area contributed by atoms with E-state index in [4.69, 9.17) is 9.47 Å². The third-order valence-electron chi connectivity index (χ3n) is 6.67. The number of piperidine rings is 1. The van der Waals surface area contributed by atoms with Crippen LogP contribution in [0.5, 0.6) is 0 Å². The molecule has 0 N–H and O–H groups in total. The number of ether oxygens (including phenoxy) is 2. The van der Waals surface area contributed by atoms with Gasteiger partial charge >= 0.3 is 12.1 Å². The van der Waals surface area contributed by atoms with Crippen molar-refractivity contribution in [1.29, 1.82) is 0 Å². The van der Waals surface area contributed by atoms with Crippen molar-refractivity contribution in [3.05, 3.63) is 0 Å². The maximum absolute atomic E-state index is 12.8. The molecule has 5 heteroatoms. The van der Waals surface area contributed by atoms with Gasteiger partial charge in [0.1, 0.15) is 12.1 Å². The largest absolute Gasteiger partial charge is 0.464 e. The Morgan fingerprint density at radius 2 is 1.67 bits per heavy atom. The molecule has 0 aromatic carbocycles. The van der Waals surface area contributed by atoms with Crippen LogP contribution in [0.25, 0.3) is 0 Å². The number of nitrogens with zero attached hydrogens (tertiary/aromatic N) is 1. The van der Waals surface area contributed by atoms with Crippen LogP contribution >= 0.6 is 0 Å². The molecule has 1 heterocycles. The smallest absolute Gasteiger partial charge is 0.410 e. The van der Waals surface area contributed by atoms with Crippen LogP contribution in [0.4, 0.5) is 4.79 Å². The maximum atomic E-state index is 12.8. The van der Waals surface area contributed by atoms with Crippen molar-refractivity contribution >= 4 is 12.1 Å². The first-order valence-corrected chi connectivity index (χ1v) is 9.79. The number of hydrogen-bond acceptors (Lipinski definition) is 4. The predicted molar refractivity (Wildman–Crippen MR) is 88.3 cm³/mol. The molecule has 1 aliphatic heterocycles. The molecule has 0 spiro atoms. The minimum Gasteiger partial charge on any atom is -0.464 e. The Hall–Kier alpha value is -1.26. The average molecular weight is 335 g/mol. The van der Waals surface area contributed by atoms with Gasteiger partial charge in [0.15, 0.2) is 0 Å². The molecule has 5 rings (SSSR count). The Kier molecular flexibility index (Phi) is 4.44. The van der Waals surface area contributed by atoms with Gasteiger partial charge in [-0.15, -0.1) is 0 Å². The van der Waals surface area contributed by atoms with Gasteiger partial charge in [-0.1, -0.05) is 0 Å². The lowest BCUT2D eigenvalue weighted by molar-refractivity contribution is -0.151. The van der Waals surface area contributed by atoms with Crippen LogP contribution in [0, 0.1) is 23.7 Å². The lowest BCUT2D eigenvalue weighted by atomic mass is 9.55. The van der Waals surface area contributed by atoms with E-state index < -0.39 is 6.04 Å². The number of likely N-dealkylation sites (tertiary alicyclic amines) is 1. The van der Waals surface area contributed by atoms with Gasteiger partial charge in [0.25, 0.3) is 0 Å². The SMILES string of the molecule is CCOC(=O)[C@@H]1CCCCN1C(=O)OC1C2CC3CC(C2)CC1C3. The summed E-state index contributed by atoms with van der Waals surface area (Å²) in [7, 11) is 0. The van der Waals surface area contributed by atoms with Gasteiger partial charge in [-0.3, -0.25) is 4.90 Å². The molecule has 0 aromatic heterocycles. The van der Waals surface area contributed by atoms with Crippen LogP contribution in [0.3, 0.4) is 0 Å². The summed E-state index contributed by atoms with van der Waals surface area (Å²) < 4.78 is 11.2. The fraction of sp³-hybridized carbons (Fsp3) is 0.895. The highest BCUT2D eigenvalue weighted by Crippen LogP contribution is 2.54. The molecular weight excluding hydrogens is 306 g/mol. The molecule has 0 aromatic rings. The summed E-state index contributed by atoms with van der Waals surface area (Å²) in [5, 5.41) is 0. The molecule has 4 aliphatic carbocycles. The summed E-state index contributed by atoms with van der Waals surface area (Å²) in [5.74, 6) is 2.56. The number of esters is 1. The topological polar surface area (TPSA) is 55.8 Å². The number of amides is 1. The van der Waals surface area contributed by atoms with E-state index in [9.17, 15) is 9.59 Å². The first-order valence-electron chi connectivity index (χ1n) is 9.79. The zero-order chi connectivity index (χ0) is 16.7. The first kappa shape index (κ1) is 16.2. The quantitative estimate of drug-likeness (QED) is 0.742. The number of rotatable bonds is 3. The van der Waals surface area contributed by atoms with Crippen molar-refractivity contribution < 1.29 is 19.1 Å². The first-order chi connectivity index (χ1) is 11.7. The van der Waals surface area contributed by atoms with Gasteiger partial charge in [-0.05, 0) is 82.0 Å². The van der Waals surface area contributed by atoms with Gasteiger partial charge < -0.3 is 9.47 Å². The van der Waals surface area contributed by atoms with Gasteiger partial charge in [0, 0.05) is 6.54 Å². The van der Waals surface area contributed by atoms with Crippen molar-refractivity contribution in [2.24, 2.45) is 23.7 Å². The summed E-state index contributed by atoms with van der Waals surface area (Å²) in [6, 6.07) is -0.456. The summed E-state index contributed by atoms with van der Waals surface area (Å²) >= 11 is 0. The Morgan fingerprint density at radius 3 is 2.29 bits per heavy atom. The molecule has 5 aliphatic rings. The summed E-state index contributed by atoms with van der Waals surface area (Å²) in [5.41, 5.74) is 0. The second-order valence-electron chi connectivity index (χ2n) is 8.24. The highest BCUT2D eigenvalue weighted by molar-refractivity contribution is 5.81. The Balaban J connectivity index is 1.42. The molecule has 5 nitrogen and oxygen atoms in total. The standard InChI is InChI=1S/C19H29NO4/c1-2-23-18(21)16-5-3-4-6-20(16)19(22)24-17-14-8-12-7-13(10-14)11-15(17)9-12/h12-17H,2-11H2,1H3/t12?,13?,14?,15?,16-,17?/m0/s1. The average Bonchev–Trinajstić information content (AvgIpc) is 2.57. The van der Waals surface area contributed by atoms with E-state index in [1.54, 1.807) is 11.8 Å². The zero-order valence-corrected chi connectivity index (χ0v) is 14.6. The van der Waals surface area contributed by atoms with Crippen molar-refractivity contribution in [1.82, 2.24) is 4.90 Å². The molecule has 134 valence electrons. The molecule has 5 fully saturated rings. The fourth-order valence-electron chi connectivity index (χ4n) is 5.89. The molecule has 4 saturated carbocycles. The lowest BCUT2D eigenvalue weighted by Gasteiger charge is -2.53. The second kappa shape index (κ2) is 6.57. The highest BCUT2D eigenvalue weighted by Gasteiger charge is 2.50. The van der Waals surface area contributed by atoms with Crippen LogP contribution in [-0.4, -0.2) is 42.3 Å². The van der Waals surface area contributed by atoms with Crippen molar-refractivity contribution in [3.63, 3.8) is 0 Å². The van der Waals surface area contributed by atoms with Crippen LogP contribution < -0.4 is 0 Å². The van der Waals surface area contributed by atoms with E-state index >= 15 is 0 Å². The normalized spacial score (nSPS) is 40.5. The molecule has 24 heavy (non-hydrogen) atoms. The van der Waals surface area contributed by atoms with Crippen LogP contribution in [0.2, 0.25) is 0 Å². The van der Waals surface area contributed by atoms with Crippen LogP contribution in [-0.2, 0) is 14.3 Å². The molecule has 0 unspecified atom stereocenters. The Bertz CT molecular complexity index is 478. The monoisotopic (exact) mass is 335 g/mol. The maximum Gasteiger partial charge on any atom is 0.410 e. The minimum atomic E-state index is -0.456. The predicted octanol–water partition coefficient (Wildman–Crippen LogP) is 3.37.